The molecule has 0 saturated heterocycles. The monoisotopic (exact) mass is 109 g/mol. The van der Waals surface area contributed by atoms with Crippen molar-refractivity contribution < 1.29 is 0 Å². The molecule has 1 N–H and O–H groups in total. The van der Waals surface area contributed by atoms with Gasteiger partial charge in [-0.25, -0.2) is 0 Å². The van der Waals surface area contributed by atoms with Crippen LogP contribution in [0.1, 0.15) is 13.3 Å². The van der Waals surface area contributed by atoms with Crippen LogP contribution in [0.15, 0.2) is 23.9 Å². The fourth-order valence-electron chi connectivity index (χ4n) is 0.744. The SMILES string of the molecule is CCC1=CC=CNC1. The predicted molar refractivity (Wildman–Crippen MR) is 35.5 cm³/mol. The van der Waals surface area contributed by atoms with Gasteiger partial charge in [-0.05, 0) is 18.7 Å². The van der Waals surface area contributed by atoms with E-state index in [4.69, 9.17) is 0 Å². The summed E-state index contributed by atoms with van der Waals surface area (Å²) in [6.07, 6.45) is 7.34. The van der Waals surface area contributed by atoms with E-state index in [9.17, 15) is 0 Å². The predicted octanol–water partition coefficient (Wildman–Crippen LogP) is 1.44. The molecule has 0 amide bonds. The maximum Gasteiger partial charge on any atom is 0.0357 e. The van der Waals surface area contributed by atoms with E-state index in [1.165, 1.54) is 5.57 Å². The summed E-state index contributed by atoms with van der Waals surface area (Å²) in [6.45, 7) is 3.21. The Morgan fingerprint density at radius 1 is 1.75 bits per heavy atom. The summed E-state index contributed by atoms with van der Waals surface area (Å²) in [5, 5.41) is 3.14. The zero-order chi connectivity index (χ0) is 5.82. The molecule has 0 bridgehead atoms. The molecular weight excluding hydrogens is 98.1 g/mol. The van der Waals surface area contributed by atoms with Gasteiger partial charge in [-0.1, -0.05) is 18.6 Å². The van der Waals surface area contributed by atoms with Crippen molar-refractivity contribution in [3.63, 3.8) is 0 Å². The normalized spacial score (nSPS) is 17.4. The molecule has 0 atom stereocenters. The zero-order valence-corrected chi connectivity index (χ0v) is 5.15. The van der Waals surface area contributed by atoms with E-state index in [1.807, 2.05) is 12.3 Å². The largest absolute Gasteiger partial charge is 0.387 e. The van der Waals surface area contributed by atoms with Gasteiger partial charge in [0.1, 0.15) is 0 Å². The second-order valence-electron chi connectivity index (χ2n) is 1.92. The van der Waals surface area contributed by atoms with Crippen LogP contribution in [0.2, 0.25) is 0 Å². The van der Waals surface area contributed by atoms with Gasteiger partial charge in [0, 0.05) is 6.54 Å². The van der Waals surface area contributed by atoms with Gasteiger partial charge in [0.2, 0.25) is 0 Å². The van der Waals surface area contributed by atoms with Crippen LogP contribution in [0, 0.1) is 0 Å². The fraction of sp³-hybridized carbons (Fsp3) is 0.429. The van der Waals surface area contributed by atoms with E-state index in [1.54, 1.807) is 0 Å². The van der Waals surface area contributed by atoms with E-state index in [-0.39, 0.29) is 0 Å². The van der Waals surface area contributed by atoms with E-state index in [2.05, 4.69) is 18.3 Å². The first-order valence-corrected chi connectivity index (χ1v) is 3.01. The molecule has 0 unspecified atom stereocenters. The van der Waals surface area contributed by atoms with Crippen LogP contribution in [-0.2, 0) is 0 Å². The van der Waals surface area contributed by atoms with Gasteiger partial charge >= 0.3 is 0 Å². The maximum absolute atomic E-state index is 3.14. The molecule has 8 heavy (non-hydrogen) atoms. The molecule has 1 nitrogen and oxygen atoms in total. The minimum atomic E-state index is 1.03. The topological polar surface area (TPSA) is 12.0 Å². The Morgan fingerprint density at radius 2 is 2.62 bits per heavy atom. The Morgan fingerprint density at radius 3 is 3.00 bits per heavy atom. The number of dihydropyridines is 1. The molecule has 1 aliphatic rings. The molecule has 1 rings (SSSR count). The van der Waals surface area contributed by atoms with E-state index in [0.717, 1.165) is 13.0 Å². The molecule has 0 radical (unpaired) electrons. The van der Waals surface area contributed by atoms with Crippen molar-refractivity contribution in [3.05, 3.63) is 23.9 Å². The van der Waals surface area contributed by atoms with Crippen LogP contribution in [0.25, 0.3) is 0 Å². The second kappa shape index (κ2) is 2.55. The Bertz CT molecular complexity index is 122. The first kappa shape index (κ1) is 5.42. The maximum atomic E-state index is 3.14. The van der Waals surface area contributed by atoms with Gasteiger partial charge in [-0.2, -0.15) is 0 Å². The highest BCUT2D eigenvalue weighted by Crippen LogP contribution is 2.01. The third-order valence-corrected chi connectivity index (χ3v) is 1.33. The van der Waals surface area contributed by atoms with Crippen LogP contribution in [0.3, 0.4) is 0 Å². The molecule has 0 saturated carbocycles. The third kappa shape index (κ3) is 1.12. The molecule has 1 aliphatic heterocycles. The molecule has 0 aromatic carbocycles. The lowest BCUT2D eigenvalue weighted by Gasteiger charge is -2.06. The van der Waals surface area contributed by atoms with Crippen LogP contribution >= 0.6 is 0 Å². The zero-order valence-electron chi connectivity index (χ0n) is 5.15. The molecule has 1 heteroatoms. The summed E-state index contributed by atoms with van der Waals surface area (Å²) >= 11 is 0. The smallest absolute Gasteiger partial charge is 0.0357 e. The van der Waals surface area contributed by atoms with Crippen molar-refractivity contribution in [1.82, 2.24) is 5.32 Å². The average molecular weight is 109 g/mol. The third-order valence-electron chi connectivity index (χ3n) is 1.33. The Kier molecular flexibility index (Phi) is 1.73. The van der Waals surface area contributed by atoms with E-state index in [0.29, 0.717) is 0 Å². The van der Waals surface area contributed by atoms with Crippen molar-refractivity contribution in [2.75, 3.05) is 6.54 Å². The van der Waals surface area contributed by atoms with Crippen molar-refractivity contribution in [2.45, 2.75) is 13.3 Å². The first-order chi connectivity index (χ1) is 3.93. The molecule has 1 heterocycles. The van der Waals surface area contributed by atoms with Crippen molar-refractivity contribution in [3.8, 4) is 0 Å². The van der Waals surface area contributed by atoms with Crippen LogP contribution in [-0.4, -0.2) is 6.54 Å². The van der Waals surface area contributed by atoms with Crippen LogP contribution in [0.4, 0.5) is 0 Å². The summed E-state index contributed by atoms with van der Waals surface area (Å²) < 4.78 is 0. The number of nitrogens with one attached hydrogen (secondary N) is 1. The lowest BCUT2D eigenvalue weighted by Crippen LogP contribution is -2.11. The highest BCUT2D eigenvalue weighted by Gasteiger charge is 1.91. The summed E-state index contributed by atoms with van der Waals surface area (Å²) in [4.78, 5) is 0. The lowest BCUT2D eigenvalue weighted by molar-refractivity contribution is 0.873. The van der Waals surface area contributed by atoms with Gasteiger partial charge in [-0.3, -0.25) is 0 Å². The minimum absolute atomic E-state index is 1.03. The van der Waals surface area contributed by atoms with E-state index >= 15 is 0 Å². The summed E-state index contributed by atoms with van der Waals surface area (Å²) in [5.41, 5.74) is 1.48. The Labute approximate surface area is 50.1 Å². The highest BCUT2D eigenvalue weighted by molar-refractivity contribution is 5.17. The quantitative estimate of drug-likeness (QED) is 0.537. The first-order valence-electron chi connectivity index (χ1n) is 3.01. The van der Waals surface area contributed by atoms with Crippen LogP contribution < -0.4 is 5.32 Å². The fourth-order valence-corrected chi connectivity index (χ4v) is 0.744. The Hall–Kier alpha value is -0.720. The molecule has 0 fully saturated rings. The van der Waals surface area contributed by atoms with Gasteiger partial charge in [0.05, 0.1) is 0 Å². The summed E-state index contributed by atoms with van der Waals surface area (Å²) in [5.74, 6) is 0. The van der Waals surface area contributed by atoms with Crippen LogP contribution in [0.5, 0.6) is 0 Å². The molecule has 0 aromatic heterocycles. The summed E-state index contributed by atoms with van der Waals surface area (Å²) in [7, 11) is 0. The molecule has 0 spiro atoms. The number of rotatable bonds is 1. The van der Waals surface area contributed by atoms with Gasteiger partial charge in [-0.15, -0.1) is 0 Å². The minimum Gasteiger partial charge on any atom is -0.387 e. The number of hydrogen-bond acceptors (Lipinski definition) is 1. The highest BCUT2D eigenvalue weighted by atomic mass is 14.8. The summed E-state index contributed by atoms with van der Waals surface area (Å²) in [6, 6.07) is 0. The van der Waals surface area contributed by atoms with E-state index < -0.39 is 0 Å². The second-order valence-corrected chi connectivity index (χ2v) is 1.92. The van der Waals surface area contributed by atoms with Gasteiger partial charge < -0.3 is 5.32 Å². The average Bonchev–Trinajstić information content (AvgIpc) is 1.90. The molecule has 0 aliphatic carbocycles. The molecular formula is C7H11N. The van der Waals surface area contributed by atoms with Gasteiger partial charge in [0.15, 0.2) is 0 Å². The van der Waals surface area contributed by atoms with Crippen molar-refractivity contribution >= 4 is 0 Å². The van der Waals surface area contributed by atoms with Crippen molar-refractivity contribution in [2.24, 2.45) is 0 Å². The molecule has 44 valence electrons. The number of allylic oxidation sites excluding steroid dienone is 2. The lowest BCUT2D eigenvalue weighted by atomic mass is 10.1. The van der Waals surface area contributed by atoms with Gasteiger partial charge in [0.25, 0.3) is 0 Å². The Balaban J connectivity index is 2.50. The standard InChI is InChI=1S/C7H11N/c1-2-7-4-3-5-8-6-7/h3-5,8H,2,6H2,1H3. The molecule has 0 aromatic rings. The van der Waals surface area contributed by atoms with Crippen molar-refractivity contribution in [1.29, 1.82) is 0 Å². The number of hydrogen-bond donors (Lipinski definition) is 1.